The standard InChI is InChI=1S/C7H10O5.CH3NO2/c8-6-3-1-2-4-7(9)12-11-5-10-6;2-1(3)4/h1-5H2;2H2,(H,3,4). The van der Waals surface area contributed by atoms with Crippen molar-refractivity contribution < 1.29 is 34.0 Å². The van der Waals surface area contributed by atoms with Crippen molar-refractivity contribution in [1.82, 2.24) is 0 Å². The molecule has 1 fully saturated rings. The Kier molecular flexibility index (Phi) is 7.51. The molecule has 16 heavy (non-hydrogen) atoms. The molecule has 0 saturated carbocycles. The molecule has 0 spiro atoms. The number of hydrogen-bond donors (Lipinski definition) is 2. The second-order valence-electron chi connectivity index (χ2n) is 2.75. The van der Waals surface area contributed by atoms with Gasteiger partial charge in [-0.15, -0.1) is 4.89 Å². The fourth-order valence-corrected chi connectivity index (χ4v) is 0.832. The molecule has 1 heterocycles. The molecule has 0 atom stereocenters. The number of carbonyl (C=O) groups is 3. The molecule has 0 aliphatic carbocycles. The Bertz CT molecular complexity index is 213. The van der Waals surface area contributed by atoms with Gasteiger partial charge in [0.2, 0.25) is 6.79 Å². The van der Waals surface area contributed by atoms with Gasteiger partial charge in [0.25, 0.3) is 0 Å². The average Bonchev–Trinajstić information content (AvgIpc) is 2.18. The number of rotatable bonds is 0. The fraction of sp³-hybridized carbons (Fsp3) is 0.625. The molecule has 0 bridgehead atoms. The lowest BCUT2D eigenvalue weighted by Gasteiger charge is -2.07. The van der Waals surface area contributed by atoms with E-state index < -0.39 is 12.1 Å². The van der Waals surface area contributed by atoms with Gasteiger partial charge in [0, 0.05) is 12.8 Å². The minimum atomic E-state index is -1.33. The topological polar surface area (TPSA) is 125 Å². The second-order valence-corrected chi connectivity index (χ2v) is 2.75. The van der Waals surface area contributed by atoms with E-state index in [1.54, 1.807) is 0 Å². The summed E-state index contributed by atoms with van der Waals surface area (Å²) in [4.78, 5) is 38.8. The summed E-state index contributed by atoms with van der Waals surface area (Å²) in [6, 6.07) is 0. The van der Waals surface area contributed by atoms with Gasteiger partial charge in [-0.1, -0.05) is 0 Å². The van der Waals surface area contributed by atoms with Gasteiger partial charge in [-0.3, -0.25) is 9.68 Å². The molecule has 0 unspecified atom stereocenters. The Labute approximate surface area is 91.2 Å². The van der Waals surface area contributed by atoms with E-state index in [2.05, 4.69) is 20.2 Å². The Balaban J connectivity index is 0.000000487. The van der Waals surface area contributed by atoms with Gasteiger partial charge in [-0.25, -0.2) is 9.59 Å². The van der Waals surface area contributed by atoms with Gasteiger partial charge in [0.15, 0.2) is 0 Å². The first kappa shape index (κ1) is 14.2. The molecule has 0 aromatic heterocycles. The number of esters is 1. The molecule has 0 aromatic carbocycles. The van der Waals surface area contributed by atoms with E-state index in [0.29, 0.717) is 19.3 Å². The highest BCUT2D eigenvalue weighted by Gasteiger charge is 2.09. The van der Waals surface area contributed by atoms with E-state index >= 15 is 0 Å². The molecule has 1 aliphatic rings. The first-order valence-electron chi connectivity index (χ1n) is 4.48. The zero-order valence-corrected chi connectivity index (χ0v) is 8.51. The van der Waals surface area contributed by atoms with Gasteiger partial charge in [-0.2, -0.15) is 0 Å². The lowest BCUT2D eigenvalue weighted by atomic mass is 10.2. The molecule has 0 aromatic rings. The highest BCUT2D eigenvalue weighted by Crippen LogP contribution is 2.05. The van der Waals surface area contributed by atoms with Crippen LogP contribution in [0.4, 0.5) is 4.79 Å². The number of cyclic esters (lactones) is 1. The maximum Gasteiger partial charge on any atom is 0.402 e. The lowest BCUT2D eigenvalue weighted by Crippen LogP contribution is -2.13. The quantitative estimate of drug-likeness (QED) is 0.452. The summed E-state index contributed by atoms with van der Waals surface area (Å²) in [7, 11) is 0. The van der Waals surface area contributed by atoms with Crippen LogP contribution in [0.5, 0.6) is 0 Å². The smallest absolute Gasteiger partial charge is 0.402 e. The summed E-state index contributed by atoms with van der Waals surface area (Å²) in [5.74, 6) is -0.749. The van der Waals surface area contributed by atoms with E-state index in [0.717, 1.165) is 0 Å². The van der Waals surface area contributed by atoms with Crippen LogP contribution in [0.2, 0.25) is 0 Å². The Morgan fingerprint density at radius 3 is 2.25 bits per heavy atom. The van der Waals surface area contributed by atoms with Gasteiger partial charge in [0.05, 0.1) is 0 Å². The van der Waals surface area contributed by atoms with Crippen molar-refractivity contribution in [1.29, 1.82) is 0 Å². The van der Waals surface area contributed by atoms with Gasteiger partial charge >= 0.3 is 18.0 Å². The normalized spacial score (nSPS) is 17.2. The minimum Gasteiger partial charge on any atom is -0.465 e. The van der Waals surface area contributed by atoms with Crippen molar-refractivity contribution in [3.8, 4) is 0 Å². The maximum absolute atomic E-state index is 10.7. The molecule has 8 nitrogen and oxygen atoms in total. The molecule has 1 aliphatic heterocycles. The lowest BCUT2D eigenvalue weighted by molar-refractivity contribution is -0.306. The van der Waals surface area contributed by atoms with Crippen LogP contribution >= 0.6 is 0 Å². The first-order chi connectivity index (χ1) is 7.52. The molecule has 92 valence electrons. The Morgan fingerprint density at radius 1 is 1.19 bits per heavy atom. The third kappa shape index (κ3) is 10.3. The number of hydrogen-bond acceptors (Lipinski definition) is 6. The van der Waals surface area contributed by atoms with Crippen molar-refractivity contribution in [2.24, 2.45) is 5.73 Å². The van der Waals surface area contributed by atoms with Crippen LogP contribution in [0.15, 0.2) is 0 Å². The monoisotopic (exact) mass is 235 g/mol. The predicted octanol–water partition coefficient (Wildman–Crippen LogP) is 0.159. The van der Waals surface area contributed by atoms with Gasteiger partial charge < -0.3 is 15.6 Å². The zero-order chi connectivity index (χ0) is 12.4. The Hall–Kier alpha value is -1.83. The van der Waals surface area contributed by atoms with Crippen molar-refractivity contribution in [2.75, 3.05) is 6.79 Å². The summed E-state index contributed by atoms with van der Waals surface area (Å²) < 4.78 is 4.53. The number of ether oxygens (including phenoxy) is 1. The van der Waals surface area contributed by atoms with E-state index in [-0.39, 0.29) is 19.2 Å². The Morgan fingerprint density at radius 2 is 1.69 bits per heavy atom. The third-order valence-corrected chi connectivity index (χ3v) is 1.43. The van der Waals surface area contributed by atoms with Gasteiger partial charge in [0.1, 0.15) is 0 Å². The number of carbonyl (C=O) groups excluding carboxylic acids is 2. The minimum absolute atomic E-state index is 0.285. The number of nitrogens with two attached hydrogens (primary N) is 1. The summed E-state index contributed by atoms with van der Waals surface area (Å²) in [6.45, 7) is -0.315. The van der Waals surface area contributed by atoms with Crippen LogP contribution in [0.3, 0.4) is 0 Å². The molecule has 0 radical (unpaired) electrons. The van der Waals surface area contributed by atoms with Gasteiger partial charge in [-0.05, 0) is 12.8 Å². The molecule has 1 amide bonds. The van der Waals surface area contributed by atoms with Crippen LogP contribution in [-0.2, 0) is 24.1 Å². The van der Waals surface area contributed by atoms with E-state index in [9.17, 15) is 9.59 Å². The predicted molar refractivity (Wildman–Crippen MR) is 48.8 cm³/mol. The van der Waals surface area contributed by atoms with E-state index in [1.807, 2.05) is 0 Å². The van der Waals surface area contributed by atoms with Crippen LogP contribution in [0.1, 0.15) is 25.7 Å². The SMILES string of the molecule is NC(=O)O.O=C1CCCCC(=O)OOCO1. The molecular formula is C8H13NO7. The van der Waals surface area contributed by atoms with Crippen molar-refractivity contribution in [3.63, 3.8) is 0 Å². The van der Waals surface area contributed by atoms with E-state index in [1.165, 1.54) is 0 Å². The highest BCUT2D eigenvalue weighted by atomic mass is 17.2. The third-order valence-electron chi connectivity index (χ3n) is 1.43. The maximum atomic E-state index is 10.7. The molecule has 8 heteroatoms. The van der Waals surface area contributed by atoms with Crippen LogP contribution in [0.25, 0.3) is 0 Å². The zero-order valence-electron chi connectivity index (χ0n) is 8.51. The molecule has 1 rings (SSSR count). The summed E-state index contributed by atoms with van der Waals surface area (Å²) in [5, 5.41) is 7.19. The molecule has 3 N–H and O–H groups in total. The summed E-state index contributed by atoms with van der Waals surface area (Å²) in [5.41, 5.74) is 4.03. The largest absolute Gasteiger partial charge is 0.465 e. The van der Waals surface area contributed by atoms with Crippen molar-refractivity contribution >= 4 is 18.0 Å². The summed E-state index contributed by atoms with van der Waals surface area (Å²) in [6.07, 6.45) is 0.551. The van der Waals surface area contributed by atoms with Crippen molar-refractivity contribution in [2.45, 2.75) is 25.7 Å². The van der Waals surface area contributed by atoms with Crippen molar-refractivity contribution in [3.05, 3.63) is 0 Å². The summed E-state index contributed by atoms with van der Waals surface area (Å²) >= 11 is 0. The second kappa shape index (κ2) is 8.48. The number of amides is 1. The fourth-order valence-electron chi connectivity index (χ4n) is 0.832. The molecular weight excluding hydrogens is 222 g/mol. The van der Waals surface area contributed by atoms with Crippen LogP contribution < -0.4 is 5.73 Å². The number of carboxylic acid groups (broad SMARTS) is 1. The number of primary amides is 1. The molecule has 1 saturated heterocycles. The van der Waals surface area contributed by atoms with Crippen LogP contribution in [-0.4, -0.2) is 29.9 Å². The highest BCUT2D eigenvalue weighted by molar-refractivity contribution is 5.70. The van der Waals surface area contributed by atoms with Crippen LogP contribution in [0, 0.1) is 0 Å². The average molecular weight is 235 g/mol. The first-order valence-corrected chi connectivity index (χ1v) is 4.48. The van der Waals surface area contributed by atoms with E-state index in [4.69, 9.17) is 9.90 Å².